The molecule has 45 heavy (non-hydrogen) atoms. The van der Waals surface area contributed by atoms with E-state index < -0.39 is 13.4 Å². The maximum Gasteiger partial charge on any atom is 0.679 e. The summed E-state index contributed by atoms with van der Waals surface area (Å²) in [5.41, 5.74) is 6.32. The first-order valence-corrected chi connectivity index (χ1v) is 14.3. The molecule has 0 radical (unpaired) electrons. The van der Waals surface area contributed by atoms with Crippen molar-refractivity contribution < 1.29 is 22.9 Å². The summed E-state index contributed by atoms with van der Waals surface area (Å²) in [5.74, 6) is 0.384. The summed E-state index contributed by atoms with van der Waals surface area (Å²) in [4.78, 5) is 21.3. The Morgan fingerprint density at radius 3 is 2.07 bits per heavy atom. The van der Waals surface area contributed by atoms with Gasteiger partial charge in [-0.3, -0.25) is 8.63 Å². The van der Waals surface area contributed by atoms with Crippen LogP contribution in [-0.2, 0) is 9.53 Å². The van der Waals surface area contributed by atoms with Gasteiger partial charge in [-0.05, 0) is 47.9 Å². The van der Waals surface area contributed by atoms with Crippen LogP contribution in [0, 0.1) is 6.92 Å². The number of aliphatic imine (C=N–C) groups is 2. The number of esters is 1. The molecular formula is C36H28BF2N3O3. The number of benzene rings is 4. The lowest BCUT2D eigenvalue weighted by Gasteiger charge is -2.11. The van der Waals surface area contributed by atoms with E-state index in [9.17, 15) is 13.4 Å². The van der Waals surface area contributed by atoms with Crippen molar-refractivity contribution in [2.45, 2.75) is 6.92 Å². The summed E-state index contributed by atoms with van der Waals surface area (Å²) in [5, 5.41) is 0. The fourth-order valence-corrected chi connectivity index (χ4v) is 5.10. The summed E-state index contributed by atoms with van der Waals surface area (Å²) in [6.45, 7) is 1.76. The molecule has 0 N–H and O–H groups in total. The van der Waals surface area contributed by atoms with E-state index in [1.54, 1.807) is 30.3 Å². The molecule has 0 atom stereocenters. The second kappa shape index (κ2) is 13.0. The van der Waals surface area contributed by atoms with Crippen LogP contribution in [-0.4, -0.2) is 43.1 Å². The number of halogens is 2. The Bertz CT molecular complexity index is 1920. The fraction of sp³-hybridized carbons (Fsp3) is 0.0833. The zero-order valence-corrected chi connectivity index (χ0v) is 24.7. The van der Waals surface area contributed by atoms with Crippen LogP contribution in [0.3, 0.4) is 0 Å². The molecule has 6 nitrogen and oxygen atoms in total. The third-order valence-electron chi connectivity index (χ3n) is 7.42. The van der Waals surface area contributed by atoms with Gasteiger partial charge < -0.3 is 14.0 Å². The van der Waals surface area contributed by atoms with E-state index in [2.05, 4.69) is 4.74 Å². The number of allylic oxidation sites excluding steroid dienone is 1. The Morgan fingerprint density at radius 1 is 0.822 bits per heavy atom. The minimum Gasteiger partial charge on any atom is -0.482 e. The zero-order chi connectivity index (χ0) is 31.3. The van der Waals surface area contributed by atoms with Gasteiger partial charge in [-0.1, -0.05) is 103 Å². The molecule has 1 aliphatic heterocycles. The van der Waals surface area contributed by atoms with Crippen molar-refractivity contribution in [3.05, 3.63) is 138 Å². The molecule has 222 valence electrons. The maximum absolute atomic E-state index is 15.0. The largest absolute Gasteiger partial charge is 0.679 e. The molecule has 0 aliphatic carbocycles. The van der Waals surface area contributed by atoms with Gasteiger partial charge in [0.05, 0.1) is 12.8 Å². The highest BCUT2D eigenvalue weighted by atomic mass is 19.2. The van der Waals surface area contributed by atoms with Crippen molar-refractivity contribution in [1.82, 2.24) is 4.48 Å². The van der Waals surface area contributed by atoms with Gasteiger partial charge in [-0.15, -0.1) is 0 Å². The van der Waals surface area contributed by atoms with E-state index in [1.807, 2.05) is 97.9 Å². The summed E-state index contributed by atoms with van der Waals surface area (Å²) >= 11 is 0. The Hall–Kier alpha value is -5.57. The Kier molecular flexibility index (Phi) is 8.51. The van der Waals surface area contributed by atoms with Crippen LogP contribution in [0.1, 0.15) is 16.7 Å². The van der Waals surface area contributed by atoms with Crippen molar-refractivity contribution in [3.8, 4) is 28.1 Å². The van der Waals surface area contributed by atoms with E-state index in [1.165, 1.54) is 7.11 Å². The van der Waals surface area contributed by atoms with Crippen LogP contribution in [0.4, 0.5) is 14.4 Å². The molecule has 1 aromatic heterocycles. The summed E-state index contributed by atoms with van der Waals surface area (Å²) in [6, 6.07) is 35.3. The third-order valence-corrected chi connectivity index (χ3v) is 7.42. The lowest BCUT2D eigenvalue weighted by molar-refractivity contribution is -0.142. The lowest BCUT2D eigenvalue weighted by Crippen LogP contribution is -2.14. The number of ether oxygens (including phenoxy) is 2. The van der Waals surface area contributed by atoms with Crippen LogP contribution >= 0.6 is 0 Å². The Balaban J connectivity index is 1.51. The first-order chi connectivity index (χ1) is 21.9. The van der Waals surface area contributed by atoms with Crippen molar-refractivity contribution in [3.63, 3.8) is 0 Å². The van der Waals surface area contributed by atoms with Gasteiger partial charge >= 0.3 is 13.4 Å². The molecule has 9 heteroatoms. The highest BCUT2D eigenvalue weighted by molar-refractivity contribution is 6.43. The van der Waals surface area contributed by atoms with E-state index in [4.69, 9.17) is 14.7 Å². The Morgan fingerprint density at radius 2 is 1.44 bits per heavy atom. The molecule has 6 rings (SSSR count). The van der Waals surface area contributed by atoms with Crippen LogP contribution in [0.2, 0.25) is 0 Å². The number of amidine groups is 1. The molecule has 0 amide bonds. The second-order valence-corrected chi connectivity index (χ2v) is 10.4. The van der Waals surface area contributed by atoms with Crippen LogP contribution in [0.15, 0.2) is 131 Å². The van der Waals surface area contributed by atoms with E-state index in [0.717, 1.165) is 26.7 Å². The highest BCUT2D eigenvalue weighted by Gasteiger charge is 2.30. The number of hydrogen-bond acceptors (Lipinski definition) is 4. The molecule has 0 unspecified atom stereocenters. The molecular weight excluding hydrogens is 571 g/mol. The van der Waals surface area contributed by atoms with Gasteiger partial charge in [0, 0.05) is 22.4 Å². The first kappa shape index (κ1) is 29.5. The van der Waals surface area contributed by atoms with Gasteiger partial charge in [0.15, 0.2) is 12.4 Å². The van der Waals surface area contributed by atoms with Gasteiger partial charge in [-0.2, -0.15) is 0 Å². The molecule has 4 aromatic carbocycles. The summed E-state index contributed by atoms with van der Waals surface area (Å²) in [7, 11) is -1.57. The summed E-state index contributed by atoms with van der Waals surface area (Å²) < 4.78 is 41.1. The SMILES string of the molecule is COC(=O)COc1ccc(C2=CC(c3ccccc3)=NC2=Nc2c(-c3ccc(C)cc3)cc(-c3ccccc3)n2B(F)F)cc1. The number of nitrogens with zero attached hydrogens (tertiary/aromatic N) is 3. The fourth-order valence-electron chi connectivity index (χ4n) is 5.10. The maximum atomic E-state index is 15.0. The average molecular weight is 599 g/mol. The molecule has 1 aliphatic rings. The second-order valence-electron chi connectivity index (χ2n) is 10.4. The standard InChI is InChI=1S/C36H28BF2N3O3/c1-24-13-15-26(16-14-24)31-22-33(28-11-7-4-8-12-28)42(37(38)39)36(31)41-35-30(21-32(40-35)27-9-5-3-6-10-27)25-17-19-29(20-18-25)45-23-34(43)44-2/h3-22H,23H2,1-2H3. The van der Waals surface area contributed by atoms with Crippen LogP contribution in [0.5, 0.6) is 5.75 Å². The van der Waals surface area contributed by atoms with Crippen LogP contribution in [0.25, 0.3) is 28.0 Å². The van der Waals surface area contributed by atoms with Gasteiger partial charge in [0.25, 0.3) is 0 Å². The van der Waals surface area contributed by atoms with Crippen molar-refractivity contribution >= 4 is 36.3 Å². The quantitative estimate of drug-likeness (QED) is 0.127. The minimum absolute atomic E-state index is 0.102. The molecule has 0 fully saturated rings. The number of carbonyl (C=O) groups excluding carboxylic acids is 1. The number of carbonyl (C=O) groups is 1. The molecule has 0 bridgehead atoms. The number of rotatable bonds is 9. The van der Waals surface area contributed by atoms with Crippen molar-refractivity contribution in [2.75, 3.05) is 13.7 Å². The molecule has 2 heterocycles. The summed E-state index contributed by atoms with van der Waals surface area (Å²) in [6.07, 6.45) is 1.90. The molecule has 0 saturated heterocycles. The monoisotopic (exact) mass is 599 g/mol. The minimum atomic E-state index is -2.86. The zero-order valence-electron chi connectivity index (χ0n) is 24.7. The average Bonchev–Trinajstić information content (AvgIpc) is 3.67. The Labute approximate surface area is 260 Å². The number of hydrogen-bond donors (Lipinski definition) is 0. The smallest absolute Gasteiger partial charge is 0.482 e. The van der Waals surface area contributed by atoms with Gasteiger partial charge in [-0.25, -0.2) is 14.8 Å². The first-order valence-electron chi connectivity index (χ1n) is 14.3. The lowest BCUT2D eigenvalue weighted by atomic mass is 10.0. The molecule has 0 saturated carbocycles. The third kappa shape index (κ3) is 6.38. The van der Waals surface area contributed by atoms with E-state index in [-0.39, 0.29) is 12.4 Å². The predicted molar refractivity (Wildman–Crippen MR) is 175 cm³/mol. The normalized spacial score (nSPS) is 13.4. The highest BCUT2D eigenvalue weighted by Crippen LogP contribution is 2.40. The van der Waals surface area contributed by atoms with Crippen molar-refractivity contribution in [2.24, 2.45) is 9.98 Å². The number of methoxy groups -OCH3 is 1. The van der Waals surface area contributed by atoms with Gasteiger partial charge in [0.1, 0.15) is 11.6 Å². The molecule has 5 aromatic rings. The number of aromatic nitrogens is 1. The predicted octanol–water partition coefficient (Wildman–Crippen LogP) is 8.07. The number of aryl methyl sites for hydroxylation is 1. The van der Waals surface area contributed by atoms with Crippen LogP contribution < -0.4 is 4.74 Å². The van der Waals surface area contributed by atoms with E-state index in [0.29, 0.717) is 39.7 Å². The molecule has 0 spiro atoms. The van der Waals surface area contributed by atoms with E-state index >= 15 is 0 Å². The van der Waals surface area contributed by atoms with Crippen molar-refractivity contribution in [1.29, 1.82) is 0 Å². The topological polar surface area (TPSA) is 65.2 Å². The van der Waals surface area contributed by atoms with Gasteiger partial charge in [0.2, 0.25) is 0 Å².